The van der Waals surface area contributed by atoms with Gasteiger partial charge in [-0.25, -0.2) is 0 Å². The van der Waals surface area contributed by atoms with Gasteiger partial charge < -0.3 is 15.5 Å². The first kappa shape index (κ1) is 15.5. The van der Waals surface area contributed by atoms with E-state index in [1.54, 1.807) is 23.9 Å². The van der Waals surface area contributed by atoms with Crippen LogP contribution in [-0.4, -0.2) is 48.3 Å². The number of rotatable bonds is 4. The first-order valence-corrected chi connectivity index (χ1v) is 7.32. The zero-order valence-corrected chi connectivity index (χ0v) is 12.7. The second kappa shape index (κ2) is 6.72. The molecule has 1 fully saturated rings. The molecule has 114 valence electrons. The SMILES string of the molecule is CN(C)C(=O)[C@@H]1CCCN1C(=O)C[C@@H](N)c1ccccc1. The van der Waals surface area contributed by atoms with Crippen molar-refractivity contribution < 1.29 is 9.59 Å². The second-order valence-electron chi connectivity index (χ2n) is 5.70. The summed E-state index contributed by atoms with van der Waals surface area (Å²) >= 11 is 0. The summed E-state index contributed by atoms with van der Waals surface area (Å²) in [6, 6.07) is 8.94. The highest BCUT2D eigenvalue weighted by molar-refractivity contribution is 5.88. The fraction of sp³-hybridized carbons (Fsp3) is 0.500. The lowest BCUT2D eigenvalue weighted by Crippen LogP contribution is -2.46. The number of hydrogen-bond donors (Lipinski definition) is 1. The molecule has 0 unspecified atom stereocenters. The minimum atomic E-state index is -0.325. The Hall–Kier alpha value is -1.88. The first-order valence-electron chi connectivity index (χ1n) is 7.32. The highest BCUT2D eigenvalue weighted by atomic mass is 16.2. The molecule has 2 amide bonds. The molecule has 0 aromatic heterocycles. The lowest BCUT2D eigenvalue weighted by molar-refractivity contribution is -0.142. The highest BCUT2D eigenvalue weighted by Crippen LogP contribution is 2.22. The summed E-state index contributed by atoms with van der Waals surface area (Å²) < 4.78 is 0. The fourth-order valence-electron chi connectivity index (χ4n) is 2.74. The lowest BCUT2D eigenvalue weighted by atomic mass is 10.0. The topological polar surface area (TPSA) is 66.6 Å². The van der Waals surface area contributed by atoms with Crippen molar-refractivity contribution >= 4 is 11.8 Å². The van der Waals surface area contributed by atoms with E-state index in [0.29, 0.717) is 6.54 Å². The third-order valence-corrected chi connectivity index (χ3v) is 3.92. The number of hydrogen-bond acceptors (Lipinski definition) is 3. The molecule has 1 heterocycles. The van der Waals surface area contributed by atoms with Crippen LogP contribution in [0.4, 0.5) is 0 Å². The molecule has 0 bridgehead atoms. The summed E-state index contributed by atoms with van der Waals surface area (Å²) in [4.78, 5) is 27.8. The van der Waals surface area contributed by atoms with Crippen LogP contribution in [0, 0.1) is 0 Å². The Labute approximate surface area is 125 Å². The van der Waals surface area contributed by atoms with Gasteiger partial charge in [0.25, 0.3) is 0 Å². The molecule has 0 spiro atoms. The third-order valence-electron chi connectivity index (χ3n) is 3.92. The Kier molecular flexibility index (Phi) is 4.96. The maximum atomic E-state index is 12.4. The summed E-state index contributed by atoms with van der Waals surface area (Å²) in [5, 5.41) is 0. The van der Waals surface area contributed by atoms with Crippen LogP contribution < -0.4 is 5.73 Å². The van der Waals surface area contributed by atoms with Crippen LogP contribution in [0.5, 0.6) is 0 Å². The van der Waals surface area contributed by atoms with E-state index in [1.165, 1.54) is 0 Å². The smallest absolute Gasteiger partial charge is 0.244 e. The van der Waals surface area contributed by atoms with Crippen molar-refractivity contribution in [3.63, 3.8) is 0 Å². The first-order chi connectivity index (χ1) is 10.0. The van der Waals surface area contributed by atoms with Gasteiger partial charge in [-0.05, 0) is 18.4 Å². The van der Waals surface area contributed by atoms with Crippen molar-refractivity contribution in [2.24, 2.45) is 5.73 Å². The fourth-order valence-corrected chi connectivity index (χ4v) is 2.74. The summed E-state index contributed by atoms with van der Waals surface area (Å²) in [7, 11) is 3.44. The number of likely N-dealkylation sites (tertiary alicyclic amines) is 1. The van der Waals surface area contributed by atoms with E-state index >= 15 is 0 Å². The molecular weight excluding hydrogens is 266 g/mol. The summed E-state index contributed by atoms with van der Waals surface area (Å²) in [5.74, 6) is -0.0433. The van der Waals surface area contributed by atoms with Crippen molar-refractivity contribution in [2.45, 2.75) is 31.3 Å². The Balaban J connectivity index is 2.01. The Bertz CT molecular complexity index is 502. The van der Waals surface area contributed by atoms with Crippen molar-refractivity contribution in [3.05, 3.63) is 35.9 Å². The van der Waals surface area contributed by atoms with E-state index in [0.717, 1.165) is 18.4 Å². The highest BCUT2D eigenvalue weighted by Gasteiger charge is 2.35. The third kappa shape index (κ3) is 3.61. The maximum absolute atomic E-state index is 12.4. The molecule has 1 aliphatic rings. The van der Waals surface area contributed by atoms with Crippen molar-refractivity contribution in [1.82, 2.24) is 9.80 Å². The molecule has 0 radical (unpaired) electrons. The van der Waals surface area contributed by atoms with E-state index in [2.05, 4.69) is 0 Å². The summed E-state index contributed by atoms with van der Waals surface area (Å²) in [6.45, 7) is 0.643. The quantitative estimate of drug-likeness (QED) is 0.904. The van der Waals surface area contributed by atoms with Gasteiger partial charge in [0.15, 0.2) is 0 Å². The van der Waals surface area contributed by atoms with Gasteiger partial charge in [-0.15, -0.1) is 0 Å². The molecular formula is C16H23N3O2. The number of carbonyl (C=O) groups is 2. The van der Waals surface area contributed by atoms with Crippen molar-refractivity contribution in [1.29, 1.82) is 0 Å². The molecule has 21 heavy (non-hydrogen) atoms. The van der Waals surface area contributed by atoms with Crippen LogP contribution in [0.15, 0.2) is 30.3 Å². The number of nitrogens with two attached hydrogens (primary N) is 1. The summed E-state index contributed by atoms with van der Waals surface area (Å²) in [5.41, 5.74) is 7.05. The van der Waals surface area contributed by atoms with E-state index < -0.39 is 0 Å². The van der Waals surface area contributed by atoms with Gasteiger partial charge in [-0.1, -0.05) is 30.3 Å². The number of likely N-dealkylation sites (N-methyl/N-ethyl adjacent to an activating group) is 1. The van der Waals surface area contributed by atoms with Gasteiger partial charge in [0, 0.05) is 33.1 Å². The second-order valence-corrected chi connectivity index (χ2v) is 5.70. The van der Waals surface area contributed by atoms with E-state index in [1.807, 2.05) is 30.3 Å². The number of carbonyl (C=O) groups excluding carboxylic acids is 2. The molecule has 2 atom stereocenters. The van der Waals surface area contributed by atoms with Crippen LogP contribution in [-0.2, 0) is 9.59 Å². The molecule has 1 aromatic rings. The van der Waals surface area contributed by atoms with Gasteiger partial charge in [-0.2, -0.15) is 0 Å². The largest absolute Gasteiger partial charge is 0.347 e. The molecule has 1 saturated heterocycles. The molecule has 5 heteroatoms. The predicted molar refractivity (Wildman–Crippen MR) is 81.4 cm³/mol. The molecule has 1 aliphatic heterocycles. The molecule has 5 nitrogen and oxygen atoms in total. The molecule has 2 N–H and O–H groups in total. The van der Waals surface area contributed by atoms with Crippen LogP contribution in [0.1, 0.15) is 30.9 Å². The predicted octanol–water partition coefficient (Wildman–Crippen LogP) is 1.16. The standard InChI is InChI=1S/C16H23N3O2/c1-18(2)16(21)14-9-6-10-19(14)15(20)11-13(17)12-7-4-3-5-8-12/h3-5,7-8,13-14H,6,9-11,17H2,1-2H3/t13-,14+/m1/s1. The van der Waals surface area contributed by atoms with E-state index in [9.17, 15) is 9.59 Å². The van der Waals surface area contributed by atoms with E-state index in [-0.39, 0.29) is 30.3 Å². The number of benzene rings is 1. The monoisotopic (exact) mass is 289 g/mol. The van der Waals surface area contributed by atoms with Gasteiger partial charge in [0.2, 0.25) is 11.8 Å². The van der Waals surface area contributed by atoms with E-state index in [4.69, 9.17) is 5.73 Å². The minimum absolute atomic E-state index is 0.00543. The van der Waals surface area contributed by atoms with Crippen LogP contribution >= 0.6 is 0 Å². The average molecular weight is 289 g/mol. The van der Waals surface area contributed by atoms with Crippen LogP contribution in [0.3, 0.4) is 0 Å². The van der Waals surface area contributed by atoms with Gasteiger partial charge in [0.1, 0.15) is 6.04 Å². The van der Waals surface area contributed by atoms with Crippen LogP contribution in [0.25, 0.3) is 0 Å². The minimum Gasteiger partial charge on any atom is -0.347 e. The molecule has 1 aromatic carbocycles. The Morgan fingerprint density at radius 2 is 2.00 bits per heavy atom. The number of amides is 2. The zero-order chi connectivity index (χ0) is 15.4. The zero-order valence-electron chi connectivity index (χ0n) is 12.7. The van der Waals surface area contributed by atoms with Gasteiger partial charge in [0.05, 0.1) is 0 Å². The Morgan fingerprint density at radius 1 is 1.33 bits per heavy atom. The molecule has 2 rings (SSSR count). The van der Waals surface area contributed by atoms with Crippen molar-refractivity contribution in [2.75, 3.05) is 20.6 Å². The summed E-state index contributed by atoms with van der Waals surface area (Å²) in [6.07, 6.45) is 1.85. The molecule has 0 saturated carbocycles. The van der Waals surface area contributed by atoms with Crippen LogP contribution in [0.2, 0.25) is 0 Å². The lowest BCUT2D eigenvalue weighted by Gasteiger charge is -2.27. The Morgan fingerprint density at radius 3 is 2.62 bits per heavy atom. The molecule has 0 aliphatic carbocycles. The normalized spacial score (nSPS) is 19.4. The van der Waals surface area contributed by atoms with Crippen molar-refractivity contribution in [3.8, 4) is 0 Å². The number of nitrogens with zero attached hydrogens (tertiary/aromatic N) is 2. The average Bonchev–Trinajstić information content (AvgIpc) is 2.96. The van der Waals surface area contributed by atoms with Gasteiger partial charge >= 0.3 is 0 Å². The van der Waals surface area contributed by atoms with Gasteiger partial charge in [-0.3, -0.25) is 9.59 Å². The maximum Gasteiger partial charge on any atom is 0.244 e.